The summed E-state index contributed by atoms with van der Waals surface area (Å²) in [6, 6.07) is 4.98. The number of nitrogens with one attached hydrogen (secondary N) is 1. The summed E-state index contributed by atoms with van der Waals surface area (Å²) in [5, 5.41) is 5.81. The maximum absolute atomic E-state index is 3.55. The SMILES string of the molecule is CNC(Cc1ccc(Br)s1)C1CSC(C)C(C)S1. The van der Waals surface area contributed by atoms with Crippen molar-refractivity contribution in [1.29, 1.82) is 0 Å². The number of hydrogen-bond acceptors (Lipinski definition) is 4. The molecular formula is C13H20BrNS3. The molecule has 5 heteroatoms. The molecule has 1 nitrogen and oxygen atoms in total. The van der Waals surface area contributed by atoms with Crippen LogP contribution in [0.3, 0.4) is 0 Å². The number of thioether (sulfide) groups is 2. The number of rotatable bonds is 4. The highest BCUT2D eigenvalue weighted by Crippen LogP contribution is 2.38. The second kappa shape index (κ2) is 7.02. The van der Waals surface area contributed by atoms with Crippen LogP contribution >= 0.6 is 50.8 Å². The van der Waals surface area contributed by atoms with Crippen molar-refractivity contribution < 1.29 is 0 Å². The van der Waals surface area contributed by atoms with Gasteiger partial charge in [0.15, 0.2) is 0 Å². The fraction of sp³-hybridized carbons (Fsp3) is 0.692. The zero-order chi connectivity index (χ0) is 13.1. The van der Waals surface area contributed by atoms with E-state index in [4.69, 9.17) is 0 Å². The molecule has 0 saturated carbocycles. The third kappa shape index (κ3) is 3.92. The Labute approximate surface area is 131 Å². The Bertz CT molecular complexity index is 382. The van der Waals surface area contributed by atoms with Gasteiger partial charge in [-0.15, -0.1) is 11.3 Å². The van der Waals surface area contributed by atoms with Crippen molar-refractivity contribution in [2.45, 2.75) is 42.1 Å². The molecule has 1 aliphatic rings. The number of thiophene rings is 1. The van der Waals surface area contributed by atoms with Gasteiger partial charge in [-0.25, -0.2) is 0 Å². The van der Waals surface area contributed by atoms with Crippen LogP contribution in [0.15, 0.2) is 15.9 Å². The molecule has 4 unspecified atom stereocenters. The van der Waals surface area contributed by atoms with Gasteiger partial charge in [-0.1, -0.05) is 13.8 Å². The molecule has 2 rings (SSSR count). The lowest BCUT2D eigenvalue weighted by Gasteiger charge is -2.35. The standard InChI is InChI=1S/C13H20BrNS3/c1-8-9(2)17-12(7-16-8)11(15-3)6-10-4-5-13(14)18-10/h4-5,8-9,11-12,15H,6-7H2,1-3H3. The topological polar surface area (TPSA) is 12.0 Å². The maximum atomic E-state index is 3.55. The first-order valence-corrected chi connectivity index (χ1v) is 9.88. The molecule has 2 heterocycles. The van der Waals surface area contributed by atoms with E-state index >= 15 is 0 Å². The van der Waals surface area contributed by atoms with Gasteiger partial charge in [-0.05, 0) is 41.5 Å². The van der Waals surface area contributed by atoms with Crippen LogP contribution in [0.1, 0.15) is 18.7 Å². The second-order valence-corrected chi connectivity index (χ2v) is 10.3. The molecule has 1 N–H and O–H groups in total. The molecule has 1 aromatic heterocycles. The van der Waals surface area contributed by atoms with Crippen LogP contribution in [0, 0.1) is 0 Å². The fourth-order valence-corrected chi connectivity index (χ4v) is 6.83. The second-order valence-electron chi connectivity index (χ2n) is 4.72. The van der Waals surface area contributed by atoms with Gasteiger partial charge in [0.1, 0.15) is 0 Å². The predicted molar refractivity (Wildman–Crippen MR) is 91.3 cm³/mol. The van der Waals surface area contributed by atoms with Crippen molar-refractivity contribution in [3.63, 3.8) is 0 Å². The van der Waals surface area contributed by atoms with Gasteiger partial charge >= 0.3 is 0 Å². The summed E-state index contributed by atoms with van der Waals surface area (Å²) in [5.74, 6) is 1.27. The van der Waals surface area contributed by atoms with Crippen molar-refractivity contribution in [2.75, 3.05) is 12.8 Å². The molecule has 0 spiro atoms. The Morgan fingerprint density at radius 3 is 2.72 bits per heavy atom. The van der Waals surface area contributed by atoms with Crippen LogP contribution in [0.5, 0.6) is 0 Å². The third-order valence-corrected chi connectivity index (χ3v) is 8.64. The Hall–Kier alpha value is 0.840. The summed E-state index contributed by atoms with van der Waals surface area (Å²) in [6.45, 7) is 4.71. The monoisotopic (exact) mass is 365 g/mol. The van der Waals surface area contributed by atoms with E-state index in [1.54, 1.807) is 0 Å². The summed E-state index contributed by atoms with van der Waals surface area (Å²) in [7, 11) is 2.10. The number of hydrogen-bond donors (Lipinski definition) is 1. The van der Waals surface area contributed by atoms with Crippen molar-refractivity contribution in [3.8, 4) is 0 Å². The highest BCUT2D eigenvalue weighted by atomic mass is 79.9. The molecule has 18 heavy (non-hydrogen) atoms. The van der Waals surface area contributed by atoms with Gasteiger partial charge in [0.2, 0.25) is 0 Å². The van der Waals surface area contributed by atoms with Gasteiger partial charge in [-0.2, -0.15) is 23.5 Å². The minimum absolute atomic E-state index is 0.586. The predicted octanol–water partition coefficient (Wildman–Crippen LogP) is 4.27. The van der Waals surface area contributed by atoms with Crippen molar-refractivity contribution in [1.82, 2.24) is 5.32 Å². The van der Waals surface area contributed by atoms with E-state index in [1.165, 1.54) is 14.4 Å². The molecule has 1 aromatic rings. The molecule has 0 bridgehead atoms. The van der Waals surface area contributed by atoms with Crippen LogP contribution in [-0.4, -0.2) is 34.6 Å². The Morgan fingerprint density at radius 2 is 2.17 bits per heavy atom. The van der Waals surface area contributed by atoms with Gasteiger partial charge in [0.25, 0.3) is 0 Å². The lowest BCUT2D eigenvalue weighted by molar-refractivity contribution is 0.557. The summed E-state index contributed by atoms with van der Waals surface area (Å²) in [5.41, 5.74) is 0. The van der Waals surface area contributed by atoms with Gasteiger partial charge in [0, 0.05) is 32.4 Å². The average Bonchev–Trinajstić information content (AvgIpc) is 2.75. The van der Waals surface area contributed by atoms with E-state index in [2.05, 4.69) is 77.8 Å². The van der Waals surface area contributed by atoms with Crippen molar-refractivity contribution in [2.24, 2.45) is 0 Å². The third-order valence-electron chi connectivity index (χ3n) is 3.44. The van der Waals surface area contributed by atoms with Crippen molar-refractivity contribution in [3.05, 3.63) is 20.8 Å². The van der Waals surface area contributed by atoms with Gasteiger partial charge < -0.3 is 5.32 Å². The average molecular weight is 366 g/mol. The zero-order valence-corrected chi connectivity index (χ0v) is 15.0. The van der Waals surface area contributed by atoms with Crippen LogP contribution < -0.4 is 5.32 Å². The molecule has 4 atom stereocenters. The van der Waals surface area contributed by atoms with Crippen LogP contribution in [0.4, 0.5) is 0 Å². The lowest BCUT2D eigenvalue weighted by atomic mass is 10.1. The smallest absolute Gasteiger partial charge is 0.0701 e. The minimum Gasteiger partial charge on any atom is -0.316 e. The normalized spacial score (nSPS) is 30.3. The van der Waals surface area contributed by atoms with Crippen LogP contribution in [-0.2, 0) is 6.42 Å². The van der Waals surface area contributed by atoms with E-state index < -0.39 is 0 Å². The quantitative estimate of drug-likeness (QED) is 0.855. The van der Waals surface area contributed by atoms with Gasteiger partial charge in [-0.3, -0.25) is 0 Å². The van der Waals surface area contributed by atoms with Gasteiger partial charge in [0.05, 0.1) is 3.79 Å². The van der Waals surface area contributed by atoms with Crippen LogP contribution in [0.2, 0.25) is 0 Å². The Balaban J connectivity index is 1.96. The molecular weight excluding hydrogens is 346 g/mol. The molecule has 1 fully saturated rings. The fourth-order valence-electron chi connectivity index (χ4n) is 2.12. The maximum Gasteiger partial charge on any atom is 0.0701 e. The first kappa shape index (κ1) is 15.2. The molecule has 0 aromatic carbocycles. The minimum atomic E-state index is 0.586. The molecule has 0 amide bonds. The highest BCUT2D eigenvalue weighted by Gasteiger charge is 2.30. The first-order valence-electron chi connectivity index (χ1n) is 6.28. The number of likely N-dealkylation sites (N-methyl/N-ethyl adjacent to an activating group) is 1. The van der Waals surface area contributed by atoms with E-state index in [1.807, 2.05) is 11.3 Å². The summed E-state index contributed by atoms with van der Waals surface area (Å²) in [6.07, 6.45) is 1.14. The molecule has 0 radical (unpaired) electrons. The Morgan fingerprint density at radius 1 is 1.39 bits per heavy atom. The summed E-state index contributed by atoms with van der Waals surface area (Å²) < 4.78 is 1.24. The summed E-state index contributed by atoms with van der Waals surface area (Å²) in [4.78, 5) is 1.47. The van der Waals surface area contributed by atoms with Crippen molar-refractivity contribution >= 4 is 50.8 Å². The van der Waals surface area contributed by atoms with E-state index in [-0.39, 0.29) is 0 Å². The molecule has 1 aliphatic heterocycles. The Kier molecular flexibility index (Phi) is 5.94. The van der Waals surface area contributed by atoms with E-state index in [9.17, 15) is 0 Å². The highest BCUT2D eigenvalue weighted by molar-refractivity contribution is 9.11. The molecule has 102 valence electrons. The summed E-state index contributed by atoms with van der Waals surface area (Å²) >= 11 is 9.69. The molecule has 0 aliphatic carbocycles. The number of halogens is 1. The van der Waals surface area contributed by atoms with E-state index in [0.717, 1.165) is 22.2 Å². The largest absolute Gasteiger partial charge is 0.316 e. The zero-order valence-electron chi connectivity index (χ0n) is 11.0. The molecule has 1 saturated heterocycles. The van der Waals surface area contributed by atoms with Crippen LogP contribution in [0.25, 0.3) is 0 Å². The lowest BCUT2D eigenvalue weighted by Crippen LogP contribution is -2.43. The first-order chi connectivity index (χ1) is 8.60. The van der Waals surface area contributed by atoms with E-state index in [0.29, 0.717) is 6.04 Å².